The molecule has 5 nitrogen and oxygen atoms in total. The van der Waals surface area contributed by atoms with Crippen LogP contribution in [0.25, 0.3) is 0 Å². The fourth-order valence-electron chi connectivity index (χ4n) is 4.42. The number of piperidine rings is 1. The molecule has 1 aliphatic rings. The van der Waals surface area contributed by atoms with Crippen molar-refractivity contribution in [3.05, 3.63) is 71.8 Å². The molecule has 1 heterocycles. The molecule has 1 saturated heterocycles. The number of carbonyl (C=O) groups excluding carboxylic acids is 1. The second kappa shape index (κ2) is 9.29. The number of benzene rings is 2. The SMILES string of the molecule is COC1CC(C)(C)N(OC(COC(=O)c2ccccc2)c2ccccc2)C(C)(C)C1. The summed E-state index contributed by atoms with van der Waals surface area (Å²) in [4.78, 5) is 19.1. The van der Waals surface area contributed by atoms with E-state index in [1.54, 1.807) is 19.2 Å². The van der Waals surface area contributed by atoms with Crippen LogP contribution in [0, 0.1) is 0 Å². The Balaban J connectivity index is 1.80. The van der Waals surface area contributed by atoms with Crippen LogP contribution in [0.4, 0.5) is 0 Å². The maximum absolute atomic E-state index is 12.5. The van der Waals surface area contributed by atoms with Crippen molar-refractivity contribution in [1.82, 2.24) is 5.06 Å². The highest BCUT2D eigenvalue weighted by Crippen LogP contribution is 2.41. The lowest BCUT2D eigenvalue weighted by atomic mass is 9.80. The molecule has 0 radical (unpaired) electrons. The Morgan fingerprint density at radius 3 is 2.03 bits per heavy atom. The first-order valence-electron chi connectivity index (χ1n) is 10.5. The number of methoxy groups -OCH3 is 1. The first-order valence-corrected chi connectivity index (χ1v) is 10.5. The van der Waals surface area contributed by atoms with Gasteiger partial charge in [0.15, 0.2) is 0 Å². The van der Waals surface area contributed by atoms with Gasteiger partial charge in [-0.15, -0.1) is 0 Å². The molecule has 3 rings (SSSR count). The normalized spacial score (nSPS) is 19.9. The van der Waals surface area contributed by atoms with E-state index >= 15 is 0 Å². The van der Waals surface area contributed by atoms with E-state index in [-0.39, 0.29) is 29.8 Å². The van der Waals surface area contributed by atoms with Gasteiger partial charge in [0.2, 0.25) is 0 Å². The third kappa shape index (κ3) is 5.28. The summed E-state index contributed by atoms with van der Waals surface area (Å²) >= 11 is 0. The number of esters is 1. The third-order valence-electron chi connectivity index (χ3n) is 5.67. The molecule has 1 atom stereocenters. The van der Waals surface area contributed by atoms with E-state index < -0.39 is 6.10 Å². The standard InChI is InChI=1S/C25H33NO4/c1-24(2)16-21(28-5)17-25(3,4)26(24)30-22(19-12-8-6-9-13-19)18-29-23(27)20-14-10-7-11-15-20/h6-15,21-22H,16-18H2,1-5H3. The van der Waals surface area contributed by atoms with Crippen LogP contribution in [0.1, 0.15) is 62.6 Å². The average Bonchev–Trinajstić information content (AvgIpc) is 2.73. The highest BCUT2D eigenvalue weighted by atomic mass is 16.7. The Bertz CT molecular complexity index is 802. The van der Waals surface area contributed by atoms with Crippen LogP contribution in [0.15, 0.2) is 60.7 Å². The van der Waals surface area contributed by atoms with Gasteiger partial charge in [-0.25, -0.2) is 4.79 Å². The minimum Gasteiger partial charge on any atom is -0.459 e. The molecule has 30 heavy (non-hydrogen) atoms. The van der Waals surface area contributed by atoms with Gasteiger partial charge < -0.3 is 9.47 Å². The summed E-state index contributed by atoms with van der Waals surface area (Å²) in [6.45, 7) is 8.79. The Labute approximate surface area is 179 Å². The minimum atomic E-state index is -0.406. The topological polar surface area (TPSA) is 48.0 Å². The van der Waals surface area contributed by atoms with Gasteiger partial charge in [-0.2, -0.15) is 5.06 Å². The van der Waals surface area contributed by atoms with Crippen LogP contribution in [0.5, 0.6) is 0 Å². The van der Waals surface area contributed by atoms with E-state index in [1.807, 2.05) is 48.5 Å². The van der Waals surface area contributed by atoms with Crippen molar-refractivity contribution < 1.29 is 19.1 Å². The van der Waals surface area contributed by atoms with Gasteiger partial charge in [0, 0.05) is 18.2 Å². The number of ether oxygens (including phenoxy) is 2. The molecule has 2 aromatic carbocycles. The molecule has 0 spiro atoms. The highest BCUT2D eigenvalue weighted by Gasteiger charge is 2.47. The predicted octanol–water partition coefficient (Wildman–Crippen LogP) is 5.18. The second-order valence-corrected chi connectivity index (χ2v) is 9.15. The number of hydrogen-bond acceptors (Lipinski definition) is 5. The van der Waals surface area contributed by atoms with Crippen molar-refractivity contribution in [2.24, 2.45) is 0 Å². The summed E-state index contributed by atoms with van der Waals surface area (Å²) < 4.78 is 11.3. The number of carbonyl (C=O) groups is 1. The number of rotatable bonds is 7. The van der Waals surface area contributed by atoms with E-state index in [0.29, 0.717) is 5.56 Å². The lowest BCUT2D eigenvalue weighted by molar-refractivity contribution is -0.321. The van der Waals surface area contributed by atoms with Crippen molar-refractivity contribution in [2.45, 2.75) is 63.8 Å². The molecular weight excluding hydrogens is 378 g/mol. The lowest BCUT2D eigenvalue weighted by Gasteiger charge is -2.54. The molecule has 1 fully saturated rings. The van der Waals surface area contributed by atoms with Crippen LogP contribution in [-0.4, -0.2) is 41.9 Å². The van der Waals surface area contributed by atoms with Gasteiger partial charge in [-0.3, -0.25) is 4.84 Å². The van der Waals surface area contributed by atoms with Gasteiger partial charge in [0.25, 0.3) is 0 Å². The van der Waals surface area contributed by atoms with Crippen LogP contribution in [-0.2, 0) is 14.3 Å². The van der Waals surface area contributed by atoms with Gasteiger partial charge in [0.1, 0.15) is 12.7 Å². The number of hydrogen-bond donors (Lipinski definition) is 0. The summed E-state index contributed by atoms with van der Waals surface area (Å²) in [6.07, 6.45) is 1.49. The zero-order valence-corrected chi connectivity index (χ0v) is 18.6. The Morgan fingerprint density at radius 2 is 1.50 bits per heavy atom. The van der Waals surface area contributed by atoms with E-state index in [4.69, 9.17) is 14.3 Å². The van der Waals surface area contributed by atoms with Crippen LogP contribution < -0.4 is 0 Å². The first-order chi connectivity index (χ1) is 14.2. The van der Waals surface area contributed by atoms with E-state index in [0.717, 1.165) is 18.4 Å². The quantitative estimate of drug-likeness (QED) is 0.587. The Hall–Kier alpha value is -2.21. The van der Waals surface area contributed by atoms with Crippen molar-refractivity contribution in [3.63, 3.8) is 0 Å². The Morgan fingerprint density at radius 1 is 0.967 bits per heavy atom. The summed E-state index contributed by atoms with van der Waals surface area (Å²) in [7, 11) is 1.77. The first kappa shape index (κ1) is 22.5. The molecule has 0 bridgehead atoms. The fraction of sp³-hybridized carbons (Fsp3) is 0.480. The molecule has 0 aliphatic carbocycles. The molecule has 1 aliphatic heterocycles. The van der Waals surface area contributed by atoms with Gasteiger partial charge in [0.05, 0.1) is 11.7 Å². The van der Waals surface area contributed by atoms with Crippen molar-refractivity contribution in [3.8, 4) is 0 Å². The fourth-order valence-corrected chi connectivity index (χ4v) is 4.42. The number of nitrogens with zero attached hydrogens (tertiary/aromatic N) is 1. The smallest absolute Gasteiger partial charge is 0.338 e. The van der Waals surface area contributed by atoms with Crippen LogP contribution >= 0.6 is 0 Å². The molecule has 0 N–H and O–H groups in total. The van der Waals surface area contributed by atoms with Gasteiger partial charge in [-0.1, -0.05) is 48.5 Å². The molecular formula is C25H33NO4. The zero-order chi connectivity index (χ0) is 21.8. The summed E-state index contributed by atoms with van der Waals surface area (Å²) in [5.74, 6) is -0.350. The maximum Gasteiger partial charge on any atom is 0.338 e. The molecule has 0 saturated carbocycles. The largest absolute Gasteiger partial charge is 0.459 e. The van der Waals surface area contributed by atoms with Crippen molar-refractivity contribution in [1.29, 1.82) is 0 Å². The molecule has 2 aromatic rings. The third-order valence-corrected chi connectivity index (χ3v) is 5.67. The van der Waals surface area contributed by atoms with Crippen LogP contribution in [0.2, 0.25) is 0 Å². The van der Waals surface area contributed by atoms with E-state index in [9.17, 15) is 4.79 Å². The number of hydroxylamine groups is 2. The molecule has 0 amide bonds. The second-order valence-electron chi connectivity index (χ2n) is 9.15. The van der Waals surface area contributed by atoms with Gasteiger partial charge in [-0.05, 0) is 58.2 Å². The predicted molar refractivity (Wildman–Crippen MR) is 117 cm³/mol. The minimum absolute atomic E-state index is 0.133. The molecule has 0 aromatic heterocycles. The Kier molecular flexibility index (Phi) is 6.96. The average molecular weight is 412 g/mol. The molecule has 1 unspecified atom stereocenters. The van der Waals surface area contributed by atoms with Crippen molar-refractivity contribution in [2.75, 3.05) is 13.7 Å². The summed E-state index contributed by atoms with van der Waals surface area (Å²) in [5, 5.41) is 2.07. The van der Waals surface area contributed by atoms with Crippen molar-refractivity contribution >= 4 is 5.97 Å². The monoisotopic (exact) mass is 411 g/mol. The van der Waals surface area contributed by atoms with Gasteiger partial charge >= 0.3 is 5.97 Å². The van der Waals surface area contributed by atoms with E-state index in [1.165, 1.54) is 0 Å². The summed E-state index contributed by atoms with van der Waals surface area (Å²) in [5.41, 5.74) is 1.03. The molecule has 5 heteroatoms. The lowest BCUT2D eigenvalue weighted by Crippen LogP contribution is -2.62. The highest BCUT2D eigenvalue weighted by molar-refractivity contribution is 5.89. The maximum atomic E-state index is 12.5. The van der Waals surface area contributed by atoms with E-state index in [2.05, 4.69) is 32.8 Å². The van der Waals surface area contributed by atoms with Crippen LogP contribution in [0.3, 0.4) is 0 Å². The summed E-state index contributed by atoms with van der Waals surface area (Å²) in [6, 6.07) is 18.9. The molecule has 162 valence electrons. The zero-order valence-electron chi connectivity index (χ0n) is 18.6.